The molecule has 150 valence electrons. The number of aliphatic imine (C=N–C) groups is 1. The number of thiazole rings is 1. The van der Waals surface area contributed by atoms with E-state index in [4.69, 9.17) is 0 Å². The molecule has 0 fully saturated rings. The van der Waals surface area contributed by atoms with Crippen LogP contribution in [0.3, 0.4) is 0 Å². The van der Waals surface area contributed by atoms with E-state index in [0.717, 1.165) is 34.6 Å². The summed E-state index contributed by atoms with van der Waals surface area (Å²) in [5, 5.41) is 12.1. The van der Waals surface area contributed by atoms with Gasteiger partial charge in [-0.1, -0.05) is 6.92 Å². The summed E-state index contributed by atoms with van der Waals surface area (Å²) in [6.45, 7) is 10.2. The van der Waals surface area contributed by atoms with Gasteiger partial charge in [-0.05, 0) is 32.8 Å². The van der Waals surface area contributed by atoms with Gasteiger partial charge in [-0.3, -0.25) is 4.68 Å². The summed E-state index contributed by atoms with van der Waals surface area (Å²) in [6.07, 6.45) is -4.42. The third-order valence-corrected chi connectivity index (χ3v) is 4.60. The van der Waals surface area contributed by atoms with Crippen LogP contribution in [0.2, 0.25) is 0 Å². The van der Waals surface area contributed by atoms with Gasteiger partial charge in [0.25, 0.3) is 0 Å². The van der Waals surface area contributed by atoms with E-state index in [0.29, 0.717) is 30.0 Å². The highest BCUT2D eigenvalue weighted by Gasteiger charge is 2.33. The molecule has 10 heteroatoms. The Hall–Kier alpha value is -2.10. The molecule has 0 bridgehead atoms. The van der Waals surface area contributed by atoms with E-state index in [-0.39, 0.29) is 6.54 Å². The van der Waals surface area contributed by atoms with Crippen molar-refractivity contribution in [3.63, 3.8) is 0 Å². The lowest BCUT2D eigenvalue weighted by atomic mass is 10.2. The summed E-state index contributed by atoms with van der Waals surface area (Å²) >= 11 is 0.961. The van der Waals surface area contributed by atoms with Crippen LogP contribution in [-0.4, -0.2) is 33.8 Å². The van der Waals surface area contributed by atoms with Crippen LogP contribution in [0, 0.1) is 19.8 Å². The van der Waals surface area contributed by atoms with Gasteiger partial charge < -0.3 is 10.6 Å². The lowest BCUT2D eigenvalue weighted by molar-refractivity contribution is -0.140. The van der Waals surface area contributed by atoms with Crippen LogP contribution in [0.15, 0.2) is 16.4 Å². The van der Waals surface area contributed by atoms with E-state index < -0.39 is 11.9 Å². The van der Waals surface area contributed by atoms with Crippen molar-refractivity contribution < 1.29 is 13.2 Å². The predicted octanol–water partition coefficient (Wildman–Crippen LogP) is 3.37. The van der Waals surface area contributed by atoms with Crippen LogP contribution < -0.4 is 10.6 Å². The quantitative estimate of drug-likeness (QED) is 0.551. The SMILES string of the molecule is CCNC(=NCc1nc(C(F)(F)F)cs1)NCC(C)Cn1nc(C)cc1C. The lowest BCUT2D eigenvalue weighted by Gasteiger charge is -2.16. The highest BCUT2D eigenvalue weighted by Crippen LogP contribution is 2.30. The first-order valence-electron chi connectivity index (χ1n) is 8.73. The van der Waals surface area contributed by atoms with Gasteiger partial charge >= 0.3 is 6.18 Å². The molecule has 0 saturated heterocycles. The molecule has 0 aliphatic rings. The summed E-state index contributed by atoms with van der Waals surface area (Å²) < 4.78 is 39.8. The van der Waals surface area contributed by atoms with E-state index in [1.165, 1.54) is 0 Å². The molecule has 0 aliphatic carbocycles. The summed E-state index contributed by atoms with van der Waals surface area (Å²) in [5.74, 6) is 0.852. The number of alkyl halides is 3. The van der Waals surface area contributed by atoms with E-state index in [2.05, 4.69) is 32.6 Å². The van der Waals surface area contributed by atoms with Gasteiger partial charge in [0, 0.05) is 30.7 Å². The Labute approximate surface area is 160 Å². The summed E-state index contributed by atoms with van der Waals surface area (Å²) in [4.78, 5) is 7.93. The first-order valence-corrected chi connectivity index (χ1v) is 9.61. The molecule has 2 aromatic rings. The van der Waals surface area contributed by atoms with Gasteiger partial charge in [-0.2, -0.15) is 18.3 Å². The molecule has 1 unspecified atom stereocenters. The first kappa shape index (κ1) is 21.2. The van der Waals surface area contributed by atoms with E-state index in [9.17, 15) is 13.2 Å². The fraction of sp³-hybridized carbons (Fsp3) is 0.588. The average Bonchev–Trinajstić information content (AvgIpc) is 3.17. The monoisotopic (exact) mass is 402 g/mol. The smallest absolute Gasteiger partial charge is 0.357 e. The molecule has 0 radical (unpaired) electrons. The van der Waals surface area contributed by atoms with Crippen molar-refractivity contribution in [1.82, 2.24) is 25.4 Å². The number of aryl methyl sites for hydroxylation is 2. The highest BCUT2D eigenvalue weighted by atomic mass is 32.1. The van der Waals surface area contributed by atoms with Crippen molar-refractivity contribution in [1.29, 1.82) is 0 Å². The van der Waals surface area contributed by atoms with E-state index in [1.807, 2.05) is 31.5 Å². The Morgan fingerprint density at radius 2 is 2.07 bits per heavy atom. The van der Waals surface area contributed by atoms with Crippen molar-refractivity contribution >= 4 is 17.3 Å². The molecular formula is C17H25F3N6S. The average molecular weight is 402 g/mol. The maximum atomic E-state index is 12.6. The molecule has 0 spiro atoms. The predicted molar refractivity (Wildman–Crippen MR) is 101 cm³/mol. The third kappa shape index (κ3) is 6.53. The standard InChI is InChI=1S/C17H25F3N6S/c1-5-21-16(23-8-15-24-14(10-27-15)17(18,19)20)22-7-11(2)9-26-13(4)6-12(3)25-26/h6,10-11H,5,7-9H2,1-4H3,(H2,21,22,23). The Kier molecular flexibility index (Phi) is 7.23. The molecule has 0 amide bonds. The number of guanidine groups is 1. The fourth-order valence-electron chi connectivity index (χ4n) is 2.49. The van der Waals surface area contributed by atoms with Gasteiger partial charge in [0.15, 0.2) is 11.7 Å². The summed E-state index contributed by atoms with van der Waals surface area (Å²) in [7, 11) is 0. The topological polar surface area (TPSA) is 67.1 Å². The largest absolute Gasteiger partial charge is 0.434 e. The molecule has 2 aromatic heterocycles. The highest BCUT2D eigenvalue weighted by molar-refractivity contribution is 7.09. The molecule has 0 aromatic carbocycles. The number of hydrogen-bond donors (Lipinski definition) is 2. The van der Waals surface area contributed by atoms with Gasteiger partial charge in [0.1, 0.15) is 5.01 Å². The van der Waals surface area contributed by atoms with Crippen molar-refractivity contribution in [2.45, 2.75) is 47.0 Å². The Morgan fingerprint density at radius 3 is 2.63 bits per heavy atom. The first-order chi connectivity index (χ1) is 12.7. The molecule has 6 nitrogen and oxygen atoms in total. The van der Waals surface area contributed by atoms with Crippen LogP contribution in [0.4, 0.5) is 13.2 Å². The van der Waals surface area contributed by atoms with Gasteiger partial charge in [-0.25, -0.2) is 9.98 Å². The molecule has 0 saturated carbocycles. The minimum atomic E-state index is -4.42. The third-order valence-electron chi connectivity index (χ3n) is 3.76. The molecule has 2 N–H and O–H groups in total. The molecule has 2 heterocycles. The molecular weight excluding hydrogens is 377 g/mol. The number of rotatable bonds is 7. The van der Waals surface area contributed by atoms with Gasteiger partial charge in [0.05, 0.1) is 12.2 Å². The van der Waals surface area contributed by atoms with Crippen molar-refractivity contribution in [2.75, 3.05) is 13.1 Å². The Bertz CT molecular complexity index is 765. The van der Waals surface area contributed by atoms with Crippen LogP contribution in [-0.2, 0) is 19.3 Å². The zero-order valence-electron chi connectivity index (χ0n) is 15.9. The van der Waals surface area contributed by atoms with Crippen molar-refractivity contribution in [2.24, 2.45) is 10.9 Å². The van der Waals surface area contributed by atoms with Gasteiger partial charge in [-0.15, -0.1) is 11.3 Å². The molecule has 27 heavy (non-hydrogen) atoms. The maximum absolute atomic E-state index is 12.6. The van der Waals surface area contributed by atoms with Crippen LogP contribution >= 0.6 is 11.3 Å². The van der Waals surface area contributed by atoms with Gasteiger partial charge in [0.2, 0.25) is 0 Å². The Morgan fingerprint density at radius 1 is 1.33 bits per heavy atom. The maximum Gasteiger partial charge on any atom is 0.434 e. The second-order valence-electron chi connectivity index (χ2n) is 6.41. The molecule has 2 rings (SSSR count). The number of nitrogens with one attached hydrogen (secondary N) is 2. The number of halogens is 3. The van der Waals surface area contributed by atoms with Crippen LogP contribution in [0.1, 0.15) is 35.9 Å². The summed E-state index contributed by atoms with van der Waals surface area (Å²) in [5.41, 5.74) is 1.24. The van der Waals surface area contributed by atoms with E-state index >= 15 is 0 Å². The van der Waals surface area contributed by atoms with Crippen LogP contribution in [0.5, 0.6) is 0 Å². The Balaban J connectivity index is 1.91. The number of aromatic nitrogens is 3. The van der Waals surface area contributed by atoms with E-state index in [1.54, 1.807) is 0 Å². The molecule has 0 aliphatic heterocycles. The minimum absolute atomic E-state index is 0.0991. The second kappa shape index (κ2) is 9.20. The lowest BCUT2D eigenvalue weighted by Crippen LogP contribution is -2.40. The zero-order valence-corrected chi connectivity index (χ0v) is 16.7. The minimum Gasteiger partial charge on any atom is -0.357 e. The fourth-order valence-corrected chi connectivity index (χ4v) is 3.22. The van der Waals surface area contributed by atoms with Crippen LogP contribution in [0.25, 0.3) is 0 Å². The second-order valence-corrected chi connectivity index (χ2v) is 7.36. The molecule has 1 atom stereocenters. The zero-order chi connectivity index (χ0) is 20.0. The van der Waals surface area contributed by atoms with Crippen molar-refractivity contribution in [3.8, 4) is 0 Å². The number of nitrogens with zero attached hydrogens (tertiary/aromatic N) is 4. The number of hydrogen-bond acceptors (Lipinski definition) is 4. The summed E-state index contributed by atoms with van der Waals surface area (Å²) in [6, 6.07) is 2.04. The normalized spacial score (nSPS) is 13.7. The van der Waals surface area contributed by atoms with Crippen molar-refractivity contribution in [3.05, 3.63) is 33.5 Å².